The van der Waals surface area contributed by atoms with Gasteiger partial charge in [-0.15, -0.1) is 10.2 Å². The topological polar surface area (TPSA) is 88.3 Å². The van der Waals surface area contributed by atoms with E-state index in [2.05, 4.69) is 10.2 Å². The maximum atomic E-state index is 13.0. The molecule has 0 saturated heterocycles. The molecule has 162 valence electrons. The second-order valence-electron chi connectivity index (χ2n) is 8.25. The van der Waals surface area contributed by atoms with Gasteiger partial charge in [0.05, 0.1) is 11.6 Å². The first-order valence-electron chi connectivity index (χ1n) is 10.5. The van der Waals surface area contributed by atoms with E-state index in [-0.39, 0.29) is 29.2 Å². The molecule has 31 heavy (non-hydrogen) atoms. The third kappa shape index (κ3) is 3.87. The molecule has 1 aliphatic heterocycles. The van der Waals surface area contributed by atoms with Crippen LogP contribution in [-0.2, 0) is 6.42 Å². The van der Waals surface area contributed by atoms with Crippen molar-refractivity contribution in [3.63, 3.8) is 0 Å². The zero-order chi connectivity index (χ0) is 22.3. The molecule has 0 bridgehead atoms. The quantitative estimate of drug-likeness (QED) is 0.655. The molecule has 0 saturated carbocycles. The van der Waals surface area contributed by atoms with E-state index in [9.17, 15) is 14.7 Å². The monoisotopic (exact) mass is 438 g/mol. The summed E-state index contributed by atoms with van der Waals surface area (Å²) in [5, 5.41) is 20.4. The number of hydrogen-bond donors (Lipinski definition) is 1. The van der Waals surface area contributed by atoms with Crippen LogP contribution in [0.2, 0.25) is 0 Å². The highest BCUT2D eigenvalue weighted by Gasteiger charge is 2.35. The summed E-state index contributed by atoms with van der Waals surface area (Å²) >= 11 is 1.33. The number of aryl methyl sites for hydroxylation is 1. The number of nitrogens with zero attached hydrogens (tertiary/aromatic N) is 4. The van der Waals surface area contributed by atoms with Crippen LogP contribution in [0.4, 0.5) is 0 Å². The molecule has 8 heteroatoms. The first kappa shape index (κ1) is 21.2. The number of pyridine rings is 1. The number of fused-ring (bicyclic) bond motifs is 1. The molecule has 1 aromatic carbocycles. The summed E-state index contributed by atoms with van der Waals surface area (Å²) in [4.78, 5) is 27.6. The highest BCUT2D eigenvalue weighted by Crippen LogP contribution is 2.32. The van der Waals surface area contributed by atoms with Crippen molar-refractivity contribution in [1.82, 2.24) is 19.7 Å². The van der Waals surface area contributed by atoms with Gasteiger partial charge in [0.2, 0.25) is 5.43 Å². The van der Waals surface area contributed by atoms with Crippen molar-refractivity contribution in [1.29, 1.82) is 0 Å². The van der Waals surface area contributed by atoms with Gasteiger partial charge < -0.3 is 14.6 Å². The van der Waals surface area contributed by atoms with Gasteiger partial charge in [-0.3, -0.25) is 9.59 Å². The third-order valence-electron chi connectivity index (χ3n) is 5.74. The van der Waals surface area contributed by atoms with E-state index in [0.717, 1.165) is 17.0 Å². The molecule has 0 aliphatic carbocycles. The summed E-state index contributed by atoms with van der Waals surface area (Å²) in [7, 11) is 0. The van der Waals surface area contributed by atoms with Gasteiger partial charge in [0.1, 0.15) is 5.01 Å². The molecule has 1 atom stereocenters. The van der Waals surface area contributed by atoms with Gasteiger partial charge in [-0.05, 0) is 32.8 Å². The predicted molar refractivity (Wildman–Crippen MR) is 121 cm³/mol. The van der Waals surface area contributed by atoms with Gasteiger partial charge in [0.25, 0.3) is 5.91 Å². The largest absolute Gasteiger partial charge is 0.503 e. The molecule has 3 aromatic rings. The van der Waals surface area contributed by atoms with Crippen molar-refractivity contribution in [2.75, 3.05) is 6.54 Å². The lowest BCUT2D eigenvalue weighted by molar-refractivity contribution is 0.0596. The average Bonchev–Trinajstić information content (AvgIpc) is 3.20. The zero-order valence-corrected chi connectivity index (χ0v) is 18.9. The molecule has 1 aliphatic rings. The first-order chi connectivity index (χ1) is 14.8. The lowest BCUT2D eigenvalue weighted by Gasteiger charge is -2.38. The number of amides is 1. The van der Waals surface area contributed by atoms with E-state index in [1.165, 1.54) is 16.9 Å². The van der Waals surface area contributed by atoms with E-state index < -0.39 is 11.2 Å². The Bertz CT molecular complexity index is 1180. The molecule has 7 nitrogen and oxygen atoms in total. The summed E-state index contributed by atoms with van der Waals surface area (Å²) in [6.07, 6.45) is 3.05. The minimum Gasteiger partial charge on any atom is -0.503 e. The van der Waals surface area contributed by atoms with Crippen molar-refractivity contribution in [2.45, 2.75) is 52.6 Å². The van der Waals surface area contributed by atoms with Crippen LogP contribution < -0.4 is 5.43 Å². The highest BCUT2D eigenvalue weighted by molar-refractivity contribution is 7.14. The molecular formula is C23H26N4O3S. The Balaban J connectivity index is 1.74. The van der Waals surface area contributed by atoms with E-state index in [4.69, 9.17) is 0 Å². The Hall–Kier alpha value is -3.00. The normalized spacial score (nSPS) is 16.1. The molecule has 4 rings (SSSR count). The van der Waals surface area contributed by atoms with Gasteiger partial charge in [-0.2, -0.15) is 0 Å². The van der Waals surface area contributed by atoms with Gasteiger partial charge in [-0.1, -0.05) is 48.1 Å². The third-order valence-corrected chi connectivity index (χ3v) is 6.70. The van der Waals surface area contributed by atoms with E-state index in [1.54, 1.807) is 15.7 Å². The summed E-state index contributed by atoms with van der Waals surface area (Å²) < 4.78 is 1.74. The maximum absolute atomic E-state index is 13.0. The van der Waals surface area contributed by atoms with Gasteiger partial charge in [0.15, 0.2) is 16.5 Å². The smallest absolute Gasteiger partial charge is 0.274 e. The van der Waals surface area contributed by atoms with Gasteiger partial charge >= 0.3 is 0 Å². The van der Waals surface area contributed by atoms with E-state index >= 15 is 0 Å². The number of aromatic hydroxyl groups is 1. The van der Waals surface area contributed by atoms with E-state index in [1.807, 2.05) is 52.0 Å². The van der Waals surface area contributed by atoms with Crippen LogP contribution in [0.1, 0.15) is 59.9 Å². The second kappa shape index (κ2) is 8.26. The molecule has 1 N–H and O–H groups in total. The molecule has 0 fully saturated rings. The lowest BCUT2D eigenvalue weighted by Crippen LogP contribution is -2.47. The number of carbonyl (C=O) groups excluding carboxylic acids is 1. The number of aromatic nitrogens is 3. The fraction of sp³-hybridized carbons (Fsp3) is 0.391. The van der Waals surface area contributed by atoms with E-state index in [0.29, 0.717) is 18.0 Å². The van der Waals surface area contributed by atoms with Crippen molar-refractivity contribution in [2.24, 2.45) is 0 Å². The SMILES string of the molecule is CCC1CN(C(C)C)C(=O)c2c(O)c(=O)c(-c3nnc(Cc4ccc(C)cc4)s3)cn21. The molecule has 1 amide bonds. The molecule has 1 unspecified atom stereocenters. The number of benzene rings is 1. The predicted octanol–water partition coefficient (Wildman–Crippen LogP) is 3.79. The summed E-state index contributed by atoms with van der Waals surface area (Å²) in [5.74, 6) is -0.834. The molecule has 0 radical (unpaired) electrons. The molecular weight excluding hydrogens is 412 g/mol. The standard InChI is InChI=1S/C23H26N4O3S/c1-5-16-11-26(13(2)3)23(30)19-21(29)20(28)17(12-27(16)19)22-25-24-18(31-22)10-15-8-6-14(4)7-9-15/h6-9,12-13,16,29H,5,10-11H2,1-4H3. The Labute approximate surface area is 185 Å². The minimum absolute atomic E-state index is 0.0167. The van der Waals surface area contributed by atoms with Crippen molar-refractivity contribution in [3.8, 4) is 16.3 Å². The zero-order valence-electron chi connectivity index (χ0n) is 18.1. The minimum atomic E-state index is -0.585. The lowest BCUT2D eigenvalue weighted by atomic mass is 10.0. The molecule has 3 heterocycles. The van der Waals surface area contributed by atoms with Crippen LogP contribution >= 0.6 is 11.3 Å². The van der Waals surface area contributed by atoms with Crippen LogP contribution in [0.15, 0.2) is 35.3 Å². The average molecular weight is 439 g/mol. The van der Waals surface area contributed by atoms with Crippen LogP contribution in [0, 0.1) is 6.92 Å². The summed E-state index contributed by atoms with van der Waals surface area (Å²) in [5.41, 5.74) is 2.06. The maximum Gasteiger partial charge on any atom is 0.274 e. The van der Waals surface area contributed by atoms with Crippen molar-refractivity contribution < 1.29 is 9.90 Å². The number of carbonyl (C=O) groups is 1. The van der Waals surface area contributed by atoms with Gasteiger partial charge in [0, 0.05) is 25.2 Å². The summed E-state index contributed by atoms with van der Waals surface area (Å²) in [6.45, 7) is 8.47. The van der Waals surface area contributed by atoms with Crippen molar-refractivity contribution >= 4 is 17.2 Å². The second-order valence-corrected chi connectivity index (χ2v) is 9.32. The Kier molecular flexibility index (Phi) is 5.66. The van der Waals surface area contributed by atoms with Gasteiger partial charge in [-0.25, -0.2) is 0 Å². The number of hydrogen-bond acceptors (Lipinski definition) is 6. The molecule has 0 spiro atoms. The Morgan fingerprint density at radius 2 is 1.90 bits per heavy atom. The Morgan fingerprint density at radius 3 is 2.55 bits per heavy atom. The van der Waals surface area contributed by atoms with Crippen LogP contribution in [0.3, 0.4) is 0 Å². The molecule has 2 aromatic heterocycles. The van der Waals surface area contributed by atoms with Crippen LogP contribution in [0.5, 0.6) is 5.75 Å². The van der Waals surface area contributed by atoms with Crippen LogP contribution in [0.25, 0.3) is 10.6 Å². The van der Waals surface area contributed by atoms with Crippen LogP contribution in [-0.4, -0.2) is 43.3 Å². The van der Waals surface area contributed by atoms with Crippen molar-refractivity contribution in [3.05, 3.63) is 62.5 Å². The Morgan fingerprint density at radius 1 is 1.19 bits per heavy atom. The fourth-order valence-electron chi connectivity index (χ4n) is 3.89. The highest BCUT2D eigenvalue weighted by atomic mass is 32.1. The first-order valence-corrected chi connectivity index (χ1v) is 11.3. The summed E-state index contributed by atoms with van der Waals surface area (Å²) in [6, 6.07) is 8.15. The number of rotatable bonds is 5. The fourth-order valence-corrected chi connectivity index (χ4v) is 4.77.